The van der Waals surface area contributed by atoms with Gasteiger partial charge in [0, 0.05) is 0 Å². The minimum Gasteiger partial charge on any atom is -0.772 e. The molecule has 0 fully saturated rings. The van der Waals surface area contributed by atoms with Crippen LogP contribution in [0.25, 0.3) is 0 Å². The van der Waals surface area contributed by atoms with Crippen LogP contribution in [0.1, 0.15) is 0 Å². The van der Waals surface area contributed by atoms with E-state index in [-0.39, 0.29) is 59.1 Å². The molecule has 0 rings (SSSR count). The summed E-state index contributed by atoms with van der Waals surface area (Å²) >= 11 is -2.92. The largest absolute Gasteiger partial charge is 1.00 e. The SMILES string of the molecule is O=S([O-])C(CS(=O)(=O)[O-])C(O)CO.[Na+].[Na+]. The minimum atomic E-state index is -4.74. The van der Waals surface area contributed by atoms with Crippen LogP contribution in [0.4, 0.5) is 0 Å². The minimum absolute atomic E-state index is 0. The summed E-state index contributed by atoms with van der Waals surface area (Å²) in [5, 5.41) is 15.4. The molecule has 0 spiro atoms. The van der Waals surface area contributed by atoms with E-state index >= 15 is 0 Å². The van der Waals surface area contributed by atoms with Gasteiger partial charge < -0.3 is 19.3 Å². The molecule has 0 saturated carbocycles. The molecule has 0 saturated heterocycles. The molecule has 0 aliphatic rings. The number of hydrogen-bond donors (Lipinski definition) is 2. The van der Waals surface area contributed by atoms with Gasteiger partial charge in [0.2, 0.25) is 0 Å². The molecule has 11 heteroatoms. The third kappa shape index (κ3) is 10.8. The maximum Gasteiger partial charge on any atom is 1.00 e. The van der Waals surface area contributed by atoms with Crippen molar-refractivity contribution in [2.75, 3.05) is 12.4 Å². The zero-order valence-corrected chi connectivity index (χ0v) is 14.0. The molecule has 0 aliphatic carbocycles. The average Bonchev–Trinajstić information content (AvgIpc) is 1.96. The summed E-state index contributed by atoms with van der Waals surface area (Å²) in [6.07, 6.45) is -1.76. The van der Waals surface area contributed by atoms with Crippen molar-refractivity contribution >= 4 is 21.2 Å². The Morgan fingerprint density at radius 1 is 1.33 bits per heavy atom. The van der Waals surface area contributed by atoms with Crippen LogP contribution in [0.5, 0.6) is 0 Å². The summed E-state index contributed by atoms with van der Waals surface area (Å²) in [6, 6.07) is 0. The Bertz CT molecular complexity index is 279. The van der Waals surface area contributed by atoms with Gasteiger partial charge in [0.1, 0.15) is 0 Å². The third-order valence-corrected chi connectivity index (χ3v) is 3.19. The molecule has 0 radical (unpaired) electrons. The van der Waals surface area contributed by atoms with Crippen molar-refractivity contribution in [3.05, 3.63) is 0 Å². The topological polar surface area (TPSA) is 138 Å². The molecule has 0 heterocycles. The molecule has 0 aliphatic heterocycles. The first-order valence-corrected chi connectivity index (χ1v) is 5.80. The first kappa shape index (κ1) is 22.1. The van der Waals surface area contributed by atoms with E-state index in [1.54, 1.807) is 0 Å². The van der Waals surface area contributed by atoms with Crippen molar-refractivity contribution in [1.29, 1.82) is 0 Å². The molecule has 80 valence electrons. The third-order valence-electron chi connectivity index (χ3n) is 1.23. The van der Waals surface area contributed by atoms with E-state index in [4.69, 9.17) is 10.2 Å². The molecule has 0 amide bonds. The normalized spacial score (nSPS) is 16.8. The summed E-state index contributed by atoms with van der Waals surface area (Å²) in [7, 11) is -4.74. The van der Waals surface area contributed by atoms with Crippen molar-refractivity contribution in [3.63, 3.8) is 0 Å². The maximum absolute atomic E-state index is 10.3. The van der Waals surface area contributed by atoms with Gasteiger partial charge in [-0.1, -0.05) is 0 Å². The van der Waals surface area contributed by atoms with Crippen LogP contribution in [0.15, 0.2) is 0 Å². The van der Waals surface area contributed by atoms with Crippen molar-refractivity contribution in [2.24, 2.45) is 0 Å². The van der Waals surface area contributed by atoms with Crippen LogP contribution in [0, 0.1) is 0 Å². The van der Waals surface area contributed by atoms with Crippen molar-refractivity contribution in [3.8, 4) is 0 Å². The van der Waals surface area contributed by atoms with E-state index in [1.165, 1.54) is 0 Å². The van der Waals surface area contributed by atoms with Gasteiger partial charge in [-0.3, -0.25) is 4.21 Å². The van der Waals surface area contributed by atoms with Crippen LogP contribution in [0.3, 0.4) is 0 Å². The van der Waals surface area contributed by atoms with Crippen molar-refractivity contribution < 1.29 is 91.1 Å². The van der Waals surface area contributed by atoms with Crippen LogP contribution in [0.2, 0.25) is 0 Å². The second-order valence-corrected chi connectivity index (χ2v) is 4.85. The summed E-state index contributed by atoms with van der Waals surface area (Å²) in [5.41, 5.74) is 0. The molecule has 0 aromatic carbocycles. The van der Waals surface area contributed by atoms with Crippen LogP contribution < -0.4 is 59.1 Å². The molecule has 0 aromatic rings. The smallest absolute Gasteiger partial charge is 0.772 e. The molecular weight excluding hydrogens is 270 g/mol. The van der Waals surface area contributed by atoms with E-state index in [9.17, 15) is 21.7 Å². The van der Waals surface area contributed by atoms with Gasteiger partial charge in [-0.15, -0.1) is 0 Å². The molecule has 0 bridgehead atoms. The second kappa shape index (κ2) is 9.92. The number of aliphatic hydroxyl groups is 2. The van der Waals surface area contributed by atoms with Gasteiger partial charge in [-0.05, 0) is 11.1 Å². The first-order chi connectivity index (χ1) is 5.78. The number of aliphatic hydroxyl groups excluding tert-OH is 2. The van der Waals surface area contributed by atoms with Crippen LogP contribution in [-0.2, 0) is 21.2 Å². The molecule has 7 nitrogen and oxygen atoms in total. The zero-order valence-electron chi connectivity index (χ0n) is 8.32. The molecule has 3 atom stereocenters. The summed E-state index contributed by atoms with van der Waals surface area (Å²) in [5.74, 6) is -1.25. The Labute approximate surface area is 134 Å². The van der Waals surface area contributed by atoms with E-state index < -0.39 is 44.9 Å². The van der Waals surface area contributed by atoms with Gasteiger partial charge >= 0.3 is 59.1 Å². The predicted octanol–water partition coefficient (Wildman–Crippen LogP) is -8.86. The molecular formula is C4H8Na2O7S2. The molecule has 2 N–H and O–H groups in total. The van der Waals surface area contributed by atoms with Gasteiger partial charge in [0.25, 0.3) is 0 Å². The summed E-state index contributed by atoms with van der Waals surface area (Å²) < 4.78 is 51.0. The van der Waals surface area contributed by atoms with Gasteiger partial charge in [0.15, 0.2) is 0 Å². The fourth-order valence-electron chi connectivity index (χ4n) is 0.614. The van der Waals surface area contributed by atoms with Crippen molar-refractivity contribution in [1.82, 2.24) is 0 Å². The first-order valence-electron chi connectivity index (χ1n) is 3.08. The standard InChI is InChI=1S/C4H10O7S2.2Na/c5-1-3(6)4(12(7)8)2-13(9,10)11;;/h3-6H,1-2H2,(H,7,8)(H,9,10,11);;/q;2*+1/p-2. The quantitative estimate of drug-likeness (QED) is 0.289. The van der Waals surface area contributed by atoms with Gasteiger partial charge in [-0.2, -0.15) is 0 Å². The van der Waals surface area contributed by atoms with Crippen LogP contribution in [-0.4, -0.2) is 55.7 Å². The molecule has 0 aromatic heterocycles. The molecule has 3 unspecified atom stereocenters. The van der Waals surface area contributed by atoms with E-state index in [1.807, 2.05) is 0 Å². The van der Waals surface area contributed by atoms with Crippen LogP contribution >= 0.6 is 0 Å². The van der Waals surface area contributed by atoms with E-state index in [0.29, 0.717) is 0 Å². The average molecular weight is 278 g/mol. The second-order valence-electron chi connectivity index (χ2n) is 2.27. The number of rotatable bonds is 5. The Balaban J connectivity index is -0.000000720. The Morgan fingerprint density at radius 3 is 1.93 bits per heavy atom. The predicted molar refractivity (Wildman–Crippen MR) is 40.4 cm³/mol. The van der Waals surface area contributed by atoms with Crippen molar-refractivity contribution in [2.45, 2.75) is 11.4 Å². The number of hydrogen-bond acceptors (Lipinski definition) is 7. The Kier molecular flexibility index (Phi) is 14.6. The Hall–Kier alpha value is 1.94. The van der Waals surface area contributed by atoms with Gasteiger partial charge in [0.05, 0.1) is 33.8 Å². The summed E-state index contributed by atoms with van der Waals surface area (Å²) in [6.45, 7) is -0.922. The summed E-state index contributed by atoms with van der Waals surface area (Å²) in [4.78, 5) is 0. The van der Waals surface area contributed by atoms with Gasteiger partial charge in [-0.25, -0.2) is 8.42 Å². The van der Waals surface area contributed by atoms with E-state index in [0.717, 1.165) is 0 Å². The monoisotopic (exact) mass is 278 g/mol. The Morgan fingerprint density at radius 2 is 1.73 bits per heavy atom. The van der Waals surface area contributed by atoms with E-state index in [2.05, 4.69) is 0 Å². The maximum atomic E-state index is 10.3. The molecule has 15 heavy (non-hydrogen) atoms. The zero-order chi connectivity index (χ0) is 10.6. The fraction of sp³-hybridized carbons (Fsp3) is 1.00. The fourth-order valence-corrected chi connectivity index (χ4v) is 2.53.